The Labute approximate surface area is 114 Å². The molecule has 0 aromatic heterocycles. The van der Waals surface area contributed by atoms with Crippen LogP contribution in [-0.4, -0.2) is 61.6 Å². The molecule has 0 saturated carbocycles. The van der Waals surface area contributed by atoms with Gasteiger partial charge in [-0.2, -0.15) is 0 Å². The van der Waals surface area contributed by atoms with Crippen LogP contribution in [0.3, 0.4) is 0 Å². The van der Waals surface area contributed by atoms with Gasteiger partial charge >= 0.3 is 0 Å². The lowest BCUT2D eigenvalue weighted by atomic mass is 10.1. The van der Waals surface area contributed by atoms with E-state index in [2.05, 4.69) is 10.6 Å². The first kappa shape index (κ1) is 15.9. The number of methoxy groups -OCH3 is 1. The van der Waals surface area contributed by atoms with Gasteiger partial charge in [0.2, 0.25) is 11.8 Å². The molecule has 6 nitrogen and oxygen atoms in total. The number of nitrogens with zero attached hydrogens (tertiary/aromatic N) is 1. The molecule has 1 saturated heterocycles. The van der Waals surface area contributed by atoms with Crippen LogP contribution in [0.25, 0.3) is 0 Å². The van der Waals surface area contributed by atoms with Crippen molar-refractivity contribution in [3.63, 3.8) is 0 Å². The van der Waals surface area contributed by atoms with E-state index in [1.807, 2.05) is 20.8 Å². The molecule has 1 aliphatic heterocycles. The fraction of sp³-hybridized carbons (Fsp3) is 0.846. The van der Waals surface area contributed by atoms with E-state index >= 15 is 0 Å². The summed E-state index contributed by atoms with van der Waals surface area (Å²) in [5.74, 6) is -0.146. The fourth-order valence-corrected chi connectivity index (χ4v) is 2.18. The van der Waals surface area contributed by atoms with E-state index in [1.165, 1.54) is 0 Å². The maximum atomic E-state index is 12.3. The van der Waals surface area contributed by atoms with E-state index in [0.717, 1.165) is 0 Å². The molecule has 110 valence electrons. The number of nitrogens with one attached hydrogen (secondary N) is 2. The van der Waals surface area contributed by atoms with Crippen LogP contribution in [0.1, 0.15) is 27.2 Å². The molecule has 19 heavy (non-hydrogen) atoms. The zero-order valence-corrected chi connectivity index (χ0v) is 12.2. The van der Waals surface area contributed by atoms with Gasteiger partial charge in [-0.25, -0.2) is 0 Å². The smallest absolute Gasteiger partial charge is 0.240 e. The molecule has 2 atom stereocenters. The van der Waals surface area contributed by atoms with E-state index < -0.39 is 0 Å². The summed E-state index contributed by atoms with van der Waals surface area (Å²) in [7, 11) is 1.65. The first-order valence-corrected chi connectivity index (χ1v) is 6.82. The van der Waals surface area contributed by atoms with Crippen LogP contribution in [-0.2, 0) is 14.3 Å². The molecule has 1 heterocycles. The molecule has 2 unspecified atom stereocenters. The lowest BCUT2D eigenvalue weighted by Gasteiger charge is -2.24. The summed E-state index contributed by atoms with van der Waals surface area (Å²) in [6.45, 7) is 7.00. The fourth-order valence-electron chi connectivity index (χ4n) is 2.18. The predicted octanol–water partition coefficient (Wildman–Crippen LogP) is -0.264. The van der Waals surface area contributed by atoms with Crippen molar-refractivity contribution in [2.75, 3.05) is 26.7 Å². The second-order valence-corrected chi connectivity index (χ2v) is 5.13. The molecule has 0 spiro atoms. The maximum Gasteiger partial charge on any atom is 0.240 e. The van der Waals surface area contributed by atoms with Gasteiger partial charge in [0, 0.05) is 26.2 Å². The SMILES string of the molecule is CCN(CC(=O)NC(C)C)C(=O)C1CC(OC)CN1. The van der Waals surface area contributed by atoms with Crippen LogP contribution < -0.4 is 10.6 Å². The molecule has 0 aromatic carbocycles. The van der Waals surface area contributed by atoms with Crippen molar-refractivity contribution in [1.82, 2.24) is 15.5 Å². The van der Waals surface area contributed by atoms with Gasteiger partial charge in [0.05, 0.1) is 18.7 Å². The molecule has 2 N–H and O–H groups in total. The van der Waals surface area contributed by atoms with Crippen LogP contribution >= 0.6 is 0 Å². The molecule has 6 heteroatoms. The molecule has 1 aliphatic rings. The first-order chi connectivity index (χ1) is 8.97. The van der Waals surface area contributed by atoms with Crippen LogP contribution in [0.5, 0.6) is 0 Å². The number of rotatable bonds is 6. The zero-order chi connectivity index (χ0) is 14.4. The number of carbonyl (C=O) groups is 2. The summed E-state index contributed by atoms with van der Waals surface area (Å²) in [5.41, 5.74) is 0. The number of likely N-dealkylation sites (N-methyl/N-ethyl adjacent to an activating group) is 1. The molecular formula is C13H25N3O3. The quantitative estimate of drug-likeness (QED) is 0.698. The molecular weight excluding hydrogens is 246 g/mol. The molecule has 0 aromatic rings. The highest BCUT2D eigenvalue weighted by Gasteiger charge is 2.32. The molecule has 1 fully saturated rings. The third-order valence-corrected chi connectivity index (χ3v) is 3.20. The topological polar surface area (TPSA) is 70.7 Å². The Hall–Kier alpha value is -1.14. The van der Waals surface area contributed by atoms with Gasteiger partial charge in [-0.15, -0.1) is 0 Å². The van der Waals surface area contributed by atoms with Gasteiger partial charge in [-0.1, -0.05) is 0 Å². The minimum absolute atomic E-state index is 0.0269. The van der Waals surface area contributed by atoms with Crippen molar-refractivity contribution in [2.45, 2.75) is 45.4 Å². The molecule has 0 bridgehead atoms. The van der Waals surface area contributed by atoms with E-state index in [9.17, 15) is 9.59 Å². The Morgan fingerprint density at radius 3 is 2.63 bits per heavy atom. The highest BCUT2D eigenvalue weighted by Crippen LogP contribution is 2.12. The number of amides is 2. The Morgan fingerprint density at radius 2 is 2.16 bits per heavy atom. The predicted molar refractivity (Wildman–Crippen MR) is 72.7 cm³/mol. The third kappa shape index (κ3) is 4.80. The molecule has 1 rings (SSSR count). The lowest BCUT2D eigenvalue weighted by molar-refractivity contribution is -0.137. The summed E-state index contributed by atoms with van der Waals surface area (Å²) in [4.78, 5) is 25.6. The third-order valence-electron chi connectivity index (χ3n) is 3.20. The average Bonchev–Trinajstić information content (AvgIpc) is 2.82. The second-order valence-electron chi connectivity index (χ2n) is 5.13. The largest absolute Gasteiger partial charge is 0.380 e. The second kappa shape index (κ2) is 7.45. The van der Waals surface area contributed by atoms with Gasteiger partial charge < -0.3 is 20.3 Å². The number of hydrogen-bond acceptors (Lipinski definition) is 4. The van der Waals surface area contributed by atoms with Crippen molar-refractivity contribution in [2.24, 2.45) is 0 Å². The van der Waals surface area contributed by atoms with Crippen LogP contribution in [0.15, 0.2) is 0 Å². The normalized spacial score (nSPS) is 22.6. The van der Waals surface area contributed by atoms with Gasteiger partial charge in [-0.05, 0) is 27.2 Å². The maximum absolute atomic E-state index is 12.3. The van der Waals surface area contributed by atoms with Crippen LogP contribution in [0.4, 0.5) is 0 Å². The number of ether oxygens (including phenoxy) is 1. The monoisotopic (exact) mass is 271 g/mol. The lowest BCUT2D eigenvalue weighted by Crippen LogP contribution is -2.48. The molecule has 2 amide bonds. The van der Waals surface area contributed by atoms with Crippen molar-refractivity contribution in [3.8, 4) is 0 Å². The van der Waals surface area contributed by atoms with Gasteiger partial charge in [-0.3, -0.25) is 9.59 Å². The number of hydrogen-bond donors (Lipinski definition) is 2. The minimum Gasteiger partial charge on any atom is -0.380 e. The zero-order valence-electron chi connectivity index (χ0n) is 12.2. The summed E-state index contributed by atoms with van der Waals surface area (Å²) in [6, 6.07) is -0.152. The van der Waals surface area contributed by atoms with E-state index in [4.69, 9.17) is 4.74 Å². The summed E-state index contributed by atoms with van der Waals surface area (Å²) >= 11 is 0. The summed E-state index contributed by atoms with van der Waals surface area (Å²) in [6.07, 6.45) is 0.745. The highest BCUT2D eigenvalue weighted by atomic mass is 16.5. The Morgan fingerprint density at radius 1 is 1.47 bits per heavy atom. The van der Waals surface area contributed by atoms with Crippen molar-refractivity contribution >= 4 is 11.8 Å². The van der Waals surface area contributed by atoms with Gasteiger partial charge in [0.1, 0.15) is 0 Å². The Balaban J connectivity index is 2.50. The van der Waals surface area contributed by atoms with Crippen LogP contribution in [0.2, 0.25) is 0 Å². The van der Waals surface area contributed by atoms with E-state index in [0.29, 0.717) is 19.5 Å². The molecule has 0 radical (unpaired) electrons. The first-order valence-electron chi connectivity index (χ1n) is 6.82. The summed E-state index contributed by atoms with van der Waals surface area (Å²) < 4.78 is 5.23. The van der Waals surface area contributed by atoms with Crippen molar-refractivity contribution in [3.05, 3.63) is 0 Å². The van der Waals surface area contributed by atoms with Crippen LogP contribution in [0, 0.1) is 0 Å². The summed E-state index contributed by atoms with van der Waals surface area (Å²) in [5, 5.41) is 5.93. The van der Waals surface area contributed by atoms with Crippen molar-refractivity contribution < 1.29 is 14.3 Å². The van der Waals surface area contributed by atoms with Gasteiger partial charge in [0.25, 0.3) is 0 Å². The van der Waals surface area contributed by atoms with E-state index in [1.54, 1.807) is 12.0 Å². The standard InChI is InChI=1S/C13H25N3O3/c1-5-16(8-12(17)15-9(2)3)13(18)11-6-10(19-4)7-14-11/h9-11,14H,5-8H2,1-4H3,(H,15,17). The van der Waals surface area contributed by atoms with Crippen molar-refractivity contribution in [1.29, 1.82) is 0 Å². The van der Waals surface area contributed by atoms with E-state index in [-0.39, 0.29) is 36.5 Å². The Kier molecular flexibility index (Phi) is 6.24. The average molecular weight is 271 g/mol. The minimum atomic E-state index is -0.239. The van der Waals surface area contributed by atoms with Gasteiger partial charge in [0.15, 0.2) is 0 Å². The molecule has 0 aliphatic carbocycles. The number of carbonyl (C=O) groups excluding carboxylic acids is 2. The Bertz CT molecular complexity index is 320. The highest BCUT2D eigenvalue weighted by molar-refractivity contribution is 5.87.